The quantitative estimate of drug-likeness (QED) is 0.579. The molecule has 0 bridgehead atoms. The molecule has 0 radical (unpaired) electrons. The molecular formula is C20H28O3. The van der Waals surface area contributed by atoms with Gasteiger partial charge >= 0.3 is 0 Å². The second-order valence-corrected chi connectivity index (χ2v) is 6.26. The first-order valence-electron chi connectivity index (χ1n) is 8.39. The molecule has 2 atom stereocenters. The van der Waals surface area contributed by atoms with Crippen molar-refractivity contribution in [3.8, 4) is 11.5 Å². The van der Waals surface area contributed by atoms with Crippen LogP contribution in [0.5, 0.6) is 11.5 Å². The highest BCUT2D eigenvalue weighted by molar-refractivity contribution is 5.50. The number of hydrogen-bond donors (Lipinski definition) is 1. The zero-order chi connectivity index (χ0) is 16.8. The Bertz CT molecular complexity index is 574. The lowest BCUT2D eigenvalue weighted by Crippen LogP contribution is -2.18. The van der Waals surface area contributed by atoms with Gasteiger partial charge in [0.05, 0.1) is 6.61 Å². The van der Waals surface area contributed by atoms with Crippen LogP contribution in [0.2, 0.25) is 0 Å². The highest BCUT2D eigenvalue weighted by Gasteiger charge is 2.30. The summed E-state index contributed by atoms with van der Waals surface area (Å²) in [6.07, 6.45) is 4.41. The van der Waals surface area contributed by atoms with Gasteiger partial charge in [-0.1, -0.05) is 29.9 Å². The molecule has 0 amide bonds. The minimum atomic E-state index is 0.115. The molecule has 0 fully saturated rings. The topological polar surface area (TPSA) is 38.7 Å². The summed E-state index contributed by atoms with van der Waals surface area (Å²) in [6.45, 7) is 12.1. The second kappa shape index (κ2) is 8.21. The maximum Gasteiger partial charge on any atom is 0.126 e. The van der Waals surface area contributed by atoms with Crippen LogP contribution in [-0.2, 0) is 4.74 Å². The SMILES string of the molecule is C=C(C)C1CCC(C)=CC1c1c(O)cccc1OCCOCC. The van der Waals surface area contributed by atoms with E-state index in [9.17, 15) is 5.11 Å². The number of aromatic hydroxyl groups is 1. The summed E-state index contributed by atoms with van der Waals surface area (Å²) in [4.78, 5) is 0. The molecule has 2 unspecified atom stereocenters. The third-order valence-corrected chi connectivity index (χ3v) is 4.45. The van der Waals surface area contributed by atoms with Gasteiger partial charge in [-0.25, -0.2) is 0 Å². The van der Waals surface area contributed by atoms with Crippen molar-refractivity contribution in [2.75, 3.05) is 19.8 Å². The Kier molecular flexibility index (Phi) is 6.28. The van der Waals surface area contributed by atoms with E-state index in [1.807, 2.05) is 19.1 Å². The molecule has 1 aliphatic rings. The fraction of sp³-hybridized carbons (Fsp3) is 0.500. The molecule has 3 heteroatoms. The van der Waals surface area contributed by atoms with E-state index in [2.05, 4.69) is 26.5 Å². The molecule has 1 aromatic rings. The molecule has 1 aromatic carbocycles. The minimum Gasteiger partial charge on any atom is -0.508 e. The Morgan fingerprint density at radius 3 is 2.83 bits per heavy atom. The molecule has 0 aliphatic heterocycles. The average molecular weight is 316 g/mol. The van der Waals surface area contributed by atoms with Crippen LogP contribution in [0.4, 0.5) is 0 Å². The van der Waals surface area contributed by atoms with Crippen molar-refractivity contribution < 1.29 is 14.6 Å². The van der Waals surface area contributed by atoms with Gasteiger partial charge in [0.15, 0.2) is 0 Å². The van der Waals surface area contributed by atoms with Crippen molar-refractivity contribution >= 4 is 0 Å². The zero-order valence-electron chi connectivity index (χ0n) is 14.5. The van der Waals surface area contributed by atoms with E-state index in [-0.39, 0.29) is 5.92 Å². The van der Waals surface area contributed by atoms with Crippen molar-refractivity contribution in [3.63, 3.8) is 0 Å². The highest BCUT2D eigenvalue weighted by Crippen LogP contribution is 2.46. The lowest BCUT2D eigenvalue weighted by molar-refractivity contribution is 0.109. The predicted octanol–water partition coefficient (Wildman–Crippen LogP) is 4.82. The van der Waals surface area contributed by atoms with Crippen LogP contribution in [0.25, 0.3) is 0 Å². The fourth-order valence-corrected chi connectivity index (χ4v) is 3.25. The summed E-state index contributed by atoms with van der Waals surface area (Å²) in [5, 5.41) is 10.5. The van der Waals surface area contributed by atoms with Crippen molar-refractivity contribution in [2.24, 2.45) is 5.92 Å². The van der Waals surface area contributed by atoms with Gasteiger partial charge in [0, 0.05) is 18.1 Å². The minimum absolute atomic E-state index is 0.115. The van der Waals surface area contributed by atoms with Crippen molar-refractivity contribution in [3.05, 3.63) is 47.6 Å². The summed E-state index contributed by atoms with van der Waals surface area (Å²) < 4.78 is 11.2. The summed E-state index contributed by atoms with van der Waals surface area (Å²) in [5.41, 5.74) is 3.38. The number of allylic oxidation sites excluding steroid dienone is 3. The largest absolute Gasteiger partial charge is 0.508 e. The molecule has 0 heterocycles. The molecule has 0 aromatic heterocycles. The number of phenolic OH excluding ortho intramolecular Hbond substituents is 1. The van der Waals surface area contributed by atoms with Gasteiger partial charge in [-0.2, -0.15) is 0 Å². The van der Waals surface area contributed by atoms with Crippen LogP contribution >= 0.6 is 0 Å². The molecule has 0 saturated carbocycles. The van der Waals surface area contributed by atoms with E-state index >= 15 is 0 Å². The molecule has 1 aliphatic carbocycles. The first-order chi connectivity index (χ1) is 11.0. The number of benzene rings is 1. The molecule has 1 N–H and O–H groups in total. The van der Waals surface area contributed by atoms with Gasteiger partial charge in [0.2, 0.25) is 0 Å². The van der Waals surface area contributed by atoms with E-state index < -0.39 is 0 Å². The summed E-state index contributed by atoms with van der Waals surface area (Å²) in [6, 6.07) is 5.48. The first-order valence-corrected chi connectivity index (χ1v) is 8.39. The molecule has 2 rings (SSSR count). The van der Waals surface area contributed by atoms with Crippen molar-refractivity contribution in [1.29, 1.82) is 0 Å². The van der Waals surface area contributed by atoms with Gasteiger partial charge in [-0.05, 0) is 51.7 Å². The molecule has 126 valence electrons. The standard InChI is InChI=1S/C20H28O3/c1-5-22-11-12-23-19-8-6-7-18(21)20(19)17-13-15(4)9-10-16(17)14(2)3/h6-8,13,16-17,21H,2,5,9-12H2,1,3-4H3. The summed E-state index contributed by atoms with van der Waals surface area (Å²) in [5.74, 6) is 1.48. The Balaban J connectivity index is 2.32. The van der Waals surface area contributed by atoms with Crippen LogP contribution in [-0.4, -0.2) is 24.9 Å². The van der Waals surface area contributed by atoms with Gasteiger partial charge < -0.3 is 14.6 Å². The average Bonchev–Trinajstić information content (AvgIpc) is 2.51. The smallest absolute Gasteiger partial charge is 0.126 e. The second-order valence-electron chi connectivity index (χ2n) is 6.26. The normalized spacial score (nSPS) is 20.9. The van der Waals surface area contributed by atoms with Gasteiger partial charge in [-0.15, -0.1) is 0 Å². The van der Waals surface area contributed by atoms with Gasteiger partial charge in [-0.3, -0.25) is 0 Å². The van der Waals surface area contributed by atoms with Crippen LogP contribution in [0.1, 0.15) is 45.1 Å². The molecule has 3 nitrogen and oxygen atoms in total. The van der Waals surface area contributed by atoms with Crippen molar-refractivity contribution in [2.45, 2.75) is 39.5 Å². The third kappa shape index (κ3) is 4.38. The van der Waals surface area contributed by atoms with E-state index in [0.717, 1.165) is 29.7 Å². The summed E-state index contributed by atoms with van der Waals surface area (Å²) in [7, 11) is 0. The third-order valence-electron chi connectivity index (χ3n) is 4.45. The van der Waals surface area contributed by atoms with Crippen LogP contribution in [0, 0.1) is 5.92 Å². The fourth-order valence-electron chi connectivity index (χ4n) is 3.25. The first kappa shape index (κ1) is 17.6. The Morgan fingerprint density at radius 1 is 1.35 bits per heavy atom. The molecular weight excluding hydrogens is 288 g/mol. The number of rotatable bonds is 7. The van der Waals surface area contributed by atoms with Crippen molar-refractivity contribution in [1.82, 2.24) is 0 Å². The van der Waals surface area contributed by atoms with Crippen LogP contribution in [0.3, 0.4) is 0 Å². The van der Waals surface area contributed by atoms with E-state index in [1.165, 1.54) is 5.57 Å². The maximum atomic E-state index is 10.5. The lowest BCUT2D eigenvalue weighted by atomic mass is 9.74. The van der Waals surface area contributed by atoms with E-state index in [0.29, 0.717) is 31.5 Å². The van der Waals surface area contributed by atoms with Gasteiger partial charge in [0.1, 0.15) is 18.1 Å². The molecule has 23 heavy (non-hydrogen) atoms. The van der Waals surface area contributed by atoms with Crippen LogP contribution < -0.4 is 4.74 Å². The number of hydrogen-bond acceptors (Lipinski definition) is 3. The predicted molar refractivity (Wildman–Crippen MR) is 94.1 cm³/mol. The highest BCUT2D eigenvalue weighted by atomic mass is 16.5. The number of phenols is 1. The Labute approximate surface area is 139 Å². The Morgan fingerprint density at radius 2 is 2.13 bits per heavy atom. The zero-order valence-corrected chi connectivity index (χ0v) is 14.5. The van der Waals surface area contributed by atoms with E-state index in [1.54, 1.807) is 6.07 Å². The number of ether oxygens (including phenoxy) is 2. The summed E-state index contributed by atoms with van der Waals surface area (Å²) >= 11 is 0. The molecule has 0 saturated heterocycles. The lowest BCUT2D eigenvalue weighted by Gasteiger charge is -2.32. The maximum absolute atomic E-state index is 10.5. The van der Waals surface area contributed by atoms with Crippen LogP contribution in [0.15, 0.2) is 42.0 Å². The van der Waals surface area contributed by atoms with E-state index in [4.69, 9.17) is 9.47 Å². The van der Waals surface area contributed by atoms with Gasteiger partial charge in [0.25, 0.3) is 0 Å². The molecule has 0 spiro atoms. The monoisotopic (exact) mass is 316 g/mol. The Hall–Kier alpha value is -1.74.